The van der Waals surface area contributed by atoms with Crippen LogP contribution in [0.15, 0.2) is 43.0 Å². The number of hydrogen-bond acceptors (Lipinski definition) is 4. The molecule has 0 saturated carbocycles. The molecule has 3 rings (SSSR count). The Labute approximate surface area is 116 Å². The number of nitrogens with zero attached hydrogens (tertiary/aromatic N) is 4. The molecule has 1 unspecified atom stereocenters. The largest absolute Gasteiger partial charge is 0.388 e. The van der Waals surface area contributed by atoms with E-state index >= 15 is 0 Å². The number of hydrogen-bond donors (Lipinski definition) is 1. The third-order valence-electron chi connectivity index (χ3n) is 3.39. The average Bonchev–Trinajstić information content (AvgIpc) is 2.86. The highest BCUT2D eigenvalue weighted by atomic mass is 16.3. The van der Waals surface area contributed by atoms with Crippen molar-refractivity contribution in [2.24, 2.45) is 0 Å². The van der Waals surface area contributed by atoms with Crippen molar-refractivity contribution in [1.82, 2.24) is 19.7 Å². The first-order valence-corrected chi connectivity index (χ1v) is 6.67. The number of aromatic nitrogens is 4. The van der Waals surface area contributed by atoms with Crippen LogP contribution in [0, 0.1) is 0 Å². The van der Waals surface area contributed by atoms with Gasteiger partial charge < -0.3 is 5.11 Å². The Morgan fingerprint density at radius 3 is 2.70 bits per heavy atom. The standard InChI is InChI=1S/C15H16N4O/c1-2-19-14-6-4-3-5-12(14)13(18-19)7-15(20)11-8-16-10-17-9-11/h3-6,8-10,15,20H,2,7H2,1H3. The molecule has 5 nitrogen and oxygen atoms in total. The molecule has 0 saturated heterocycles. The first-order chi connectivity index (χ1) is 9.79. The third-order valence-corrected chi connectivity index (χ3v) is 3.39. The fourth-order valence-electron chi connectivity index (χ4n) is 2.37. The minimum Gasteiger partial charge on any atom is -0.388 e. The summed E-state index contributed by atoms with van der Waals surface area (Å²) in [6, 6.07) is 8.08. The first-order valence-electron chi connectivity index (χ1n) is 6.67. The van der Waals surface area contributed by atoms with Gasteiger partial charge >= 0.3 is 0 Å². The molecule has 102 valence electrons. The highest BCUT2D eigenvalue weighted by molar-refractivity contribution is 5.82. The molecule has 0 bridgehead atoms. The molecule has 2 aromatic heterocycles. The van der Waals surface area contributed by atoms with Crippen molar-refractivity contribution in [2.45, 2.75) is 26.0 Å². The maximum atomic E-state index is 10.3. The number of aliphatic hydroxyl groups excluding tert-OH is 1. The lowest BCUT2D eigenvalue weighted by Gasteiger charge is -2.08. The van der Waals surface area contributed by atoms with Gasteiger partial charge in [0, 0.05) is 36.3 Å². The van der Waals surface area contributed by atoms with Crippen LogP contribution in [0.5, 0.6) is 0 Å². The van der Waals surface area contributed by atoms with Crippen molar-refractivity contribution in [2.75, 3.05) is 0 Å². The van der Waals surface area contributed by atoms with Crippen molar-refractivity contribution in [3.63, 3.8) is 0 Å². The van der Waals surface area contributed by atoms with E-state index in [1.54, 1.807) is 12.4 Å². The molecule has 5 heteroatoms. The molecular weight excluding hydrogens is 252 g/mol. The van der Waals surface area contributed by atoms with Crippen LogP contribution in [0.4, 0.5) is 0 Å². The van der Waals surface area contributed by atoms with E-state index in [0.717, 1.165) is 23.1 Å². The SMILES string of the molecule is CCn1nc(CC(O)c2cncnc2)c2ccccc21. The van der Waals surface area contributed by atoms with Crippen LogP contribution < -0.4 is 0 Å². The van der Waals surface area contributed by atoms with Gasteiger partial charge in [-0.1, -0.05) is 18.2 Å². The van der Waals surface area contributed by atoms with Gasteiger partial charge in [0.25, 0.3) is 0 Å². The summed E-state index contributed by atoms with van der Waals surface area (Å²) < 4.78 is 1.96. The van der Waals surface area contributed by atoms with E-state index in [0.29, 0.717) is 12.0 Å². The molecule has 0 radical (unpaired) electrons. The lowest BCUT2D eigenvalue weighted by atomic mass is 10.1. The Bertz CT molecular complexity index is 708. The summed E-state index contributed by atoms with van der Waals surface area (Å²) >= 11 is 0. The van der Waals surface area contributed by atoms with Crippen LogP contribution in [0.2, 0.25) is 0 Å². The van der Waals surface area contributed by atoms with Gasteiger partial charge in [0.2, 0.25) is 0 Å². The summed E-state index contributed by atoms with van der Waals surface area (Å²) in [4.78, 5) is 7.87. The van der Waals surface area contributed by atoms with Gasteiger partial charge in [-0.05, 0) is 13.0 Å². The smallest absolute Gasteiger partial charge is 0.115 e. The molecule has 0 aliphatic heterocycles. The number of aliphatic hydroxyl groups is 1. The molecule has 1 aromatic carbocycles. The van der Waals surface area contributed by atoms with Crippen molar-refractivity contribution in [3.8, 4) is 0 Å². The number of benzene rings is 1. The molecule has 1 N–H and O–H groups in total. The lowest BCUT2D eigenvalue weighted by molar-refractivity contribution is 0.176. The van der Waals surface area contributed by atoms with E-state index in [1.165, 1.54) is 6.33 Å². The van der Waals surface area contributed by atoms with E-state index in [2.05, 4.69) is 22.0 Å². The average molecular weight is 268 g/mol. The molecule has 0 amide bonds. The maximum Gasteiger partial charge on any atom is 0.115 e. The zero-order valence-corrected chi connectivity index (χ0v) is 11.3. The van der Waals surface area contributed by atoms with Crippen LogP contribution >= 0.6 is 0 Å². The number of aryl methyl sites for hydroxylation is 1. The first kappa shape index (κ1) is 12.7. The lowest BCUT2D eigenvalue weighted by Crippen LogP contribution is -2.04. The molecule has 3 aromatic rings. The quantitative estimate of drug-likeness (QED) is 0.787. The Balaban J connectivity index is 1.95. The van der Waals surface area contributed by atoms with Crippen LogP contribution in [0.1, 0.15) is 24.3 Å². The third kappa shape index (κ3) is 2.28. The van der Waals surface area contributed by atoms with Crippen molar-refractivity contribution in [3.05, 3.63) is 54.2 Å². The monoisotopic (exact) mass is 268 g/mol. The van der Waals surface area contributed by atoms with Gasteiger partial charge in [-0.2, -0.15) is 5.10 Å². The highest BCUT2D eigenvalue weighted by Gasteiger charge is 2.15. The van der Waals surface area contributed by atoms with Crippen molar-refractivity contribution >= 4 is 10.9 Å². The van der Waals surface area contributed by atoms with Gasteiger partial charge in [0.05, 0.1) is 17.3 Å². The molecule has 0 aliphatic carbocycles. The summed E-state index contributed by atoms with van der Waals surface area (Å²) in [5.74, 6) is 0. The van der Waals surface area contributed by atoms with Crippen LogP contribution in [0.25, 0.3) is 10.9 Å². The zero-order chi connectivity index (χ0) is 13.9. The zero-order valence-electron chi connectivity index (χ0n) is 11.3. The van der Waals surface area contributed by atoms with E-state index in [9.17, 15) is 5.11 Å². The highest BCUT2D eigenvalue weighted by Crippen LogP contribution is 2.23. The van der Waals surface area contributed by atoms with Crippen LogP contribution in [-0.4, -0.2) is 24.9 Å². The summed E-state index contributed by atoms with van der Waals surface area (Å²) in [6.45, 7) is 2.87. The van der Waals surface area contributed by atoms with E-state index in [4.69, 9.17) is 0 Å². The number of rotatable bonds is 4. The van der Waals surface area contributed by atoms with Crippen molar-refractivity contribution < 1.29 is 5.11 Å². The fourth-order valence-corrected chi connectivity index (χ4v) is 2.37. The molecule has 0 aliphatic rings. The molecule has 0 spiro atoms. The second-order valence-corrected chi connectivity index (χ2v) is 4.67. The van der Waals surface area contributed by atoms with Crippen LogP contribution in [-0.2, 0) is 13.0 Å². The molecule has 2 heterocycles. The summed E-state index contributed by atoms with van der Waals surface area (Å²) in [6.07, 6.45) is 4.55. The summed E-state index contributed by atoms with van der Waals surface area (Å²) in [7, 11) is 0. The minimum absolute atomic E-state index is 0.459. The predicted molar refractivity (Wildman–Crippen MR) is 76.1 cm³/mol. The number of para-hydroxylation sites is 1. The van der Waals surface area contributed by atoms with Gasteiger partial charge in [-0.25, -0.2) is 9.97 Å². The molecule has 20 heavy (non-hydrogen) atoms. The maximum absolute atomic E-state index is 10.3. The topological polar surface area (TPSA) is 63.8 Å². The second-order valence-electron chi connectivity index (χ2n) is 4.67. The Morgan fingerprint density at radius 2 is 1.95 bits per heavy atom. The van der Waals surface area contributed by atoms with Gasteiger partial charge in [-0.15, -0.1) is 0 Å². The normalized spacial score (nSPS) is 12.7. The second kappa shape index (κ2) is 5.38. The minimum atomic E-state index is -0.639. The van der Waals surface area contributed by atoms with E-state index < -0.39 is 6.10 Å². The molecule has 1 atom stereocenters. The van der Waals surface area contributed by atoms with Gasteiger partial charge in [0.1, 0.15) is 6.33 Å². The summed E-state index contributed by atoms with van der Waals surface area (Å²) in [5, 5.41) is 16.0. The summed E-state index contributed by atoms with van der Waals surface area (Å²) in [5.41, 5.74) is 2.71. The molecule has 0 fully saturated rings. The van der Waals surface area contributed by atoms with Gasteiger partial charge in [0.15, 0.2) is 0 Å². The fraction of sp³-hybridized carbons (Fsp3) is 0.267. The van der Waals surface area contributed by atoms with E-state index in [-0.39, 0.29) is 0 Å². The molecular formula is C15H16N4O. The Hall–Kier alpha value is -2.27. The number of fused-ring (bicyclic) bond motifs is 1. The van der Waals surface area contributed by atoms with Gasteiger partial charge in [-0.3, -0.25) is 4.68 Å². The Morgan fingerprint density at radius 1 is 1.20 bits per heavy atom. The van der Waals surface area contributed by atoms with Crippen molar-refractivity contribution in [1.29, 1.82) is 0 Å². The predicted octanol–water partition coefficient (Wildman–Crippen LogP) is 2.12. The van der Waals surface area contributed by atoms with E-state index in [1.807, 2.05) is 28.9 Å². The van der Waals surface area contributed by atoms with Crippen LogP contribution in [0.3, 0.4) is 0 Å². The Kier molecular flexibility index (Phi) is 3.43.